The molecule has 1 N–H and O–H groups in total. The molecule has 11 heteroatoms. The summed E-state index contributed by atoms with van der Waals surface area (Å²) in [6.45, 7) is 5.36. The number of amides is 1. The first-order valence-corrected chi connectivity index (χ1v) is 9.51. The fourth-order valence-electron chi connectivity index (χ4n) is 2.39. The highest BCUT2D eigenvalue weighted by molar-refractivity contribution is 7.90. The molecule has 0 bridgehead atoms. The molecule has 0 radical (unpaired) electrons. The Balaban J connectivity index is 1.84. The van der Waals surface area contributed by atoms with Crippen molar-refractivity contribution in [1.82, 2.24) is 29.8 Å². The summed E-state index contributed by atoms with van der Waals surface area (Å²) in [5, 5.41) is 10.3. The third kappa shape index (κ3) is 5.21. The van der Waals surface area contributed by atoms with E-state index in [1.54, 1.807) is 18.7 Å². The van der Waals surface area contributed by atoms with Gasteiger partial charge in [0.2, 0.25) is 15.9 Å². The minimum Gasteiger partial charge on any atom is -0.377 e. The molecular weight excluding hydrogens is 336 g/mol. The molecule has 0 aromatic carbocycles. The number of sulfonamides is 1. The second-order valence-corrected chi connectivity index (χ2v) is 8.24. The number of hydrogen-bond acceptors (Lipinski definition) is 7. The largest absolute Gasteiger partial charge is 0.377 e. The third-order valence-electron chi connectivity index (χ3n) is 3.90. The predicted octanol–water partition coefficient (Wildman–Crippen LogP) is -0.991. The van der Waals surface area contributed by atoms with Gasteiger partial charge in [0.05, 0.1) is 31.1 Å². The number of carbonyl (C=O) groups excluding carboxylic acids is 1. The standard InChI is InChI=1S/C13H24N6O4S/c1-11(2)24(21,22)15-5-3-12-9-23-8-7-19(12)13(20)4-6-18-10-14-16-17-18/h10-12,15H,3-9H2,1-2H3. The number of morpholine rings is 1. The molecule has 1 aromatic heterocycles. The van der Waals surface area contributed by atoms with Gasteiger partial charge in [-0.2, -0.15) is 0 Å². The smallest absolute Gasteiger partial charge is 0.224 e. The van der Waals surface area contributed by atoms with Crippen molar-refractivity contribution in [2.45, 2.75) is 44.5 Å². The lowest BCUT2D eigenvalue weighted by Gasteiger charge is -2.36. The highest BCUT2D eigenvalue weighted by Crippen LogP contribution is 2.12. The zero-order valence-corrected chi connectivity index (χ0v) is 14.8. The number of hydrogen-bond donors (Lipinski definition) is 1. The molecule has 0 spiro atoms. The van der Waals surface area contributed by atoms with Crippen LogP contribution < -0.4 is 4.72 Å². The van der Waals surface area contributed by atoms with Crippen molar-refractivity contribution in [3.8, 4) is 0 Å². The van der Waals surface area contributed by atoms with E-state index >= 15 is 0 Å². The van der Waals surface area contributed by atoms with E-state index in [0.717, 1.165) is 0 Å². The van der Waals surface area contributed by atoms with Crippen LogP contribution in [0.2, 0.25) is 0 Å². The first-order valence-electron chi connectivity index (χ1n) is 7.96. The highest BCUT2D eigenvalue weighted by atomic mass is 32.2. The topological polar surface area (TPSA) is 119 Å². The number of tetrazole rings is 1. The van der Waals surface area contributed by atoms with Gasteiger partial charge >= 0.3 is 0 Å². The molecule has 24 heavy (non-hydrogen) atoms. The van der Waals surface area contributed by atoms with Gasteiger partial charge in [-0.15, -0.1) is 5.10 Å². The Morgan fingerprint density at radius 2 is 2.25 bits per heavy atom. The van der Waals surface area contributed by atoms with Crippen LogP contribution >= 0.6 is 0 Å². The molecule has 0 saturated carbocycles. The van der Waals surface area contributed by atoms with E-state index in [9.17, 15) is 13.2 Å². The number of aromatic nitrogens is 4. The van der Waals surface area contributed by atoms with Crippen LogP contribution in [0.5, 0.6) is 0 Å². The molecule has 136 valence electrons. The summed E-state index contributed by atoms with van der Waals surface area (Å²) >= 11 is 0. The van der Waals surface area contributed by atoms with Crippen LogP contribution in [0, 0.1) is 0 Å². The molecule has 1 fully saturated rings. The van der Waals surface area contributed by atoms with Gasteiger partial charge < -0.3 is 9.64 Å². The highest BCUT2D eigenvalue weighted by Gasteiger charge is 2.27. The summed E-state index contributed by atoms with van der Waals surface area (Å²) in [5.41, 5.74) is 0. The summed E-state index contributed by atoms with van der Waals surface area (Å²) in [6.07, 6.45) is 2.27. The number of nitrogens with one attached hydrogen (secondary N) is 1. The van der Waals surface area contributed by atoms with Crippen molar-refractivity contribution in [2.24, 2.45) is 0 Å². The van der Waals surface area contributed by atoms with Crippen LogP contribution in [0.3, 0.4) is 0 Å². The first-order chi connectivity index (χ1) is 11.4. The molecule has 1 amide bonds. The summed E-state index contributed by atoms with van der Waals surface area (Å²) in [6, 6.07) is -0.130. The van der Waals surface area contributed by atoms with E-state index in [2.05, 4.69) is 20.2 Å². The van der Waals surface area contributed by atoms with Gasteiger partial charge in [0.25, 0.3) is 0 Å². The van der Waals surface area contributed by atoms with Gasteiger partial charge in [-0.1, -0.05) is 0 Å². The lowest BCUT2D eigenvalue weighted by atomic mass is 10.1. The SMILES string of the molecule is CC(C)S(=O)(=O)NCCC1COCCN1C(=O)CCn1cnnn1. The van der Waals surface area contributed by atoms with Crippen LogP contribution in [0.15, 0.2) is 6.33 Å². The van der Waals surface area contributed by atoms with Crippen molar-refractivity contribution in [3.63, 3.8) is 0 Å². The van der Waals surface area contributed by atoms with Crippen molar-refractivity contribution < 1.29 is 17.9 Å². The van der Waals surface area contributed by atoms with Crippen molar-refractivity contribution >= 4 is 15.9 Å². The Morgan fingerprint density at radius 3 is 2.92 bits per heavy atom. The molecule has 1 saturated heterocycles. The van der Waals surface area contributed by atoms with E-state index in [1.165, 1.54) is 11.0 Å². The molecule has 1 aliphatic rings. The fourth-order valence-corrected chi connectivity index (χ4v) is 3.13. The third-order valence-corrected chi connectivity index (χ3v) is 5.74. The molecular formula is C13H24N6O4S. The molecule has 10 nitrogen and oxygen atoms in total. The van der Waals surface area contributed by atoms with Gasteiger partial charge in [0, 0.05) is 19.5 Å². The number of nitrogens with zero attached hydrogens (tertiary/aromatic N) is 5. The number of rotatable bonds is 8. The Hall–Kier alpha value is -1.59. The predicted molar refractivity (Wildman–Crippen MR) is 85.4 cm³/mol. The Morgan fingerprint density at radius 1 is 1.46 bits per heavy atom. The summed E-state index contributed by atoms with van der Waals surface area (Å²) in [4.78, 5) is 14.2. The van der Waals surface area contributed by atoms with Crippen LogP contribution in [0.1, 0.15) is 26.7 Å². The molecule has 1 aromatic rings. The second kappa shape index (κ2) is 8.49. The Bertz CT molecular complexity index is 618. The Kier molecular flexibility index (Phi) is 6.63. The first kappa shape index (κ1) is 18.7. The van der Waals surface area contributed by atoms with Crippen molar-refractivity contribution in [1.29, 1.82) is 0 Å². The lowest BCUT2D eigenvalue weighted by Crippen LogP contribution is -2.50. The summed E-state index contributed by atoms with van der Waals surface area (Å²) < 4.78 is 33.1. The number of aryl methyl sites for hydroxylation is 1. The minimum absolute atomic E-state index is 0.00878. The maximum Gasteiger partial charge on any atom is 0.224 e. The molecule has 1 atom stereocenters. The number of carbonyl (C=O) groups is 1. The second-order valence-electron chi connectivity index (χ2n) is 5.92. The fraction of sp³-hybridized carbons (Fsp3) is 0.846. The molecule has 0 aliphatic carbocycles. The van der Waals surface area contributed by atoms with Crippen LogP contribution in [-0.4, -0.2) is 77.0 Å². The van der Waals surface area contributed by atoms with E-state index in [0.29, 0.717) is 39.1 Å². The Labute approximate surface area is 141 Å². The zero-order valence-electron chi connectivity index (χ0n) is 14.0. The molecule has 2 rings (SSSR count). The van der Waals surface area contributed by atoms with Gasteiger partial charge in [-0.3, -0.25) is 4.79 Å². The normalized spacial score (nSPS) is 19.0. The van der Waals surface area contributed by atoms with Crippen LogP contribution in [-0.2, 0) is 26.1 Å². The summed E-state index contributed by atoms with van der Waals surface area (Å²) in [5.74, 6) is -0.00878. The van der Waals surface area contributed by atoms with E-state index in [1.807, 2.05) is 0 Å². The number of ether oxygens (including phenoxy) is 1. The van der Waals surface area contributed by atoms with E-state index < -0.39 is 15.3 Å². The lowest BCUT2D eigenvalue weighted by molar-refractivity contribution is -0.140. The zero-order chi connectivity index (χ0) is 17.6. The summed E-state index contributed by atoms with van der Waals surface area (Å²) in [7, 11) is -3.30. The van der Waals surface area contributed by atoms with Gasteiger partial charge in [0.15, 0.2) is 0 Å². The molecule has 1 unspecified atom stereocenters. The molecule has 1 aliphatic heterocycles. The van der Waals surface area contributed by atoms with Gasteiger partial charge in [-0.25, -0.2) is 17.8 Å². The van der Waals surface area contributed by atoms with Gasteiger partial charge in [-0.05, 0) is 30.7 Å². The quantitative estimate of drug-likeness (QED) is 0.632. The minimum atomic E-state index is -3.30. The van der Waals surface area contributed by atoms with E-state index in [-0.39, 0.29) is 18.5 Å². The maximum atomic E-state index is 12.4. The maximum absolute atomic E-state index is 12.4. The van der Waals surface area contributed by atoms with Crippen LogP contribution in [0.4, 0.5) is 0 Å². The van der Waals surface area contributed by atoms with Crippen molar-refractivity contribution in [2.75, 3.05) is 26.3 Å². The monoisotopic (exact) mass is 360 g/mol. The van der Waals surface area contributed by atoms with Gasteiger partial charge in [0.1, 0.15) is 6.33 Å². The molecule has 2 heterocycles. The van der Waals surface area contributed by atoms with Crippen LogP contribution in [0.25, 0.3) is 0 Å². The average Bonchev–Trinajstić information content (AvgIpc) is 3.06. The average molecular weight is 360 g/mol. The van der Waals surface area contributed by atoms with E-state index in [4.69, 9.17) is 4.74 Å². The van der Waals surface area contributed by atoms with Crippen molar-refractivity contribution in [3.05, 3.63) is 6.33 Å².